The van der Waals surface area contributed by atoms with Crippen molar-refractivity contribution in [2.24, 2.45) is 5.73 Å². The molecule has 0 bridgehead atoms. The van der Waals surface area contributed by atoms with Gasteiger partial charge in [-0.1, -0.05) is 0 Å². The highest BCUT2D eigenvalue weighted by Crippen LogP contribution is 2.19. The molecule has 7 heteroatoms. The summed E-state index contributed by atoms with van der Waals surface area (Å²) in [5.74, 6) is -0.447. The molecule has 1 fully saturated rings. The molecule has 0 atom stereocenters. The van der Waals surface area contributed by atoms with E-state index in [1.165, 1.54) is 12.1 Å². The Morgan fingerprint density at radius 3 is 2.16 bits per heavy atom. The van der Waals surface area contributed by atoms with Crippen LogP contribution < -0.4 is 10.5 Å². The molecule has 0 heterocycles. The zero-order valence-electron chi connectivity index (χ0n) is 10.4. The Hall–Kier alpha value is -0.690. The van der Waals surface area contributed by atoms with Gasteiger partial charge in [-0.05, 0) is 49.9 Å². The van der Waals surface area contributed by atoms with Crippen molar-refractivity contribution < 1.29 is 12.8 Å². The minimum atomic E-state index is -3.55. The molecule has 0 aromatic heterocycles. The van der Waals surface area contributed by atoms with E-state index in [0.29, 0.717) is 0 Å². The molecule has 0 aliphatic heterocycles. The van der Waals surface area contributed by atoms with Crippen molar-refractivity contribution in [3.8, 4) is 0 Å². The first-order valence-corrected chi connectivity index (χ1v) is 7.49. The van der Waals surface area contributed by atoms with Gasteiger partial charge in [0, 0.05) is 12.1 Å². The van der Waals surface area contributed by atoms with Gasteiger partial charge < -0.3 is 5.73 Å². The van der Waals surface area contributed by atoms with E-state index >= 15 is 0 Å². The highest BCUT2D eigenvalue weighted by atomic mass is 35.5. The quantitative estimate of drug-likeness (QED) is 0.894. The third-order valence-corrected chi connectivity index (χ3v) is 4.75. The minimum Gasteiger partial charge on any atom is -0.328 e. The van der Waals surface area contributed by atoms with Gasteiger partial charge in [0.1, 0.15) is 5.82 Å². The summed E-state index contributed by atoms with van der Waals surface area (Å²) in [6, 6.07) is 4.94. The van der Waals surface area contributed by atoms with Gasteiger partial charge in [-0.2, -0.15) is 0 Å². The molecule has 1 aromatic rings. The second-order valence-corrected chi connectivity index (χ2v) is 6.40. The van der Waals surface area contributed by atoms with Crippen LogP contribution in [0.1, 0.15) is 25.7 Å². The van der Waals surface area contributed by atoms with Crippen LogP contribution in [0.5, 0.6) is 0 Å². The number of halogens is 2. The predicted octanol–water partition coefficient (Wildman–Crippen LogP) is 1.80. The predicted molar refractivity (Wildman–Crippen MR) is 74.2 cm³/mol. The Balaban J connectivity index is 0.00000180. The molecular formula is C12H18ClFN2O2S. The van der Waals surface area contributed by atoms with Crippen molar-refractivity contribution in [3.05, 3.63) is 30.1 Å². The first-order chi connectivity index (χ1) is 8.47. The minimum absolute atomic E-state index is 0. The number of nitrogens with two attached hydrogens (primary N) is 1. The molecule has 1 aliphatic carbocycles. The van der Waals surface area contributed by atoms with E-state index in [4.69, 9.17) is 5.73 Å². The monoisotopic (exact) mass is 308 g/mol. The smallest absolute Gasteiger partial charge is 0.240 e. The fourth-order valence-corrected chi connectivity index (χ4v) is 3.44. The number of benzene rings is 1. The summed E-state index contributed by atoms with van der Waals surface area (Å²) < 4.78 is 39.4. The Bertz CT molecular complexity index is 499. The van der Waals surface area contributed by atoms with E-state index in [9.17, 15) is 12.8 Å². The van der Waals surface area contributed by atoms with Crippen LogP contribution >= 0.6 is 12.4 Å². The van der Waals surface area contributed by atoms with Crippen LogP contribution in [0.4, 0.5) is 4.39 Å². The SMILES string of the molecule is Cl.NC1CCC(NS(=O)(=O)c2ccc(F)cc2)CC1. The Morgan fingerprint density at radius 1 is 1.11 bits per heavy atom. The topological polar surface area (TPSA) is 72.2 Å². The normalized spacial score (nSPS) is 23.7. The summed E-state index contributed by atoms with van der Waals surface area (Å²) in [4.78, 5) is 0.0961. The fraction of sp³-hybridized carbons (Fsp3) is 0.500. The van der Waals surface area contributed by atoms with Gasteiger partial charge in [0.15, 0.2) is 0 Å². The largest absolute Gasteiger partial charge is 0.328 e. The maximum atomic E-state index is 12.7. The van der Waals surface area contributed by atoms with Crippen molar-refractivity contribution in [2.75, 3.05) is 0 Å². The van der Waals surface area contributed by atoms with Crippen LogP contribution in [-0.2, 0) is 10.0 Å². The van der Waals surface area contributed by atoms with Crippen molar-refractivity contribution >= 4 is 22.4 Å². The van der Waals surface area contributed by atoms with Gasteiger partial charge in [-0.3, -0.25) is 0 Å². The van der Waals surface area contributed by atoms with Crippen molar-refractivity contribution in [2.45, 2.75) is 42.7 Å². The summed E-state index contributed by atoms with van der Waals surface area (Å²) in [5.41, 5.74) is 5.77. The number of hydrogen-bond donors (Lipinski definition) is 2. The lowest BCUT2D eigenvalue weighted by molar-refractivity contribution is 0.373. The summed E-state index contributed by atoms with van der Waals surface area (Å²) in [7, 11) is -3.55. The molecule has 1 aromatic carbocycles. The summed E-state index contributed by atoms with van der Waals surface area (Å²) in [6.45, 7) is 0. The standard InChI is InChI=1S/C12H17FN2O2S.ClH/c13-9-1-7-12(8-2-9)18(16,17)15-11-5-3-10(14)4-6-11;/h1-2,7-8,10-11,15H,3-6,14H2;1H. The van der Waals surface area contributed by atoms with E-state index in [1.54, 1.807) is 0 Å². The summed E-state index contributed by atoms with van der Waals surface area (Å²) in [5, 5.41) is 0. The van der Waals surface area contributed by atoms with Crippen LogP contribution in [-0.4, -0.2) is 20.5 Å². The van der Waals surface area contributed by atoms with E-state index in [1.807, 2.05) is 0 Å². The van der Waals surface area contributed by atoms with E-state index < -0.39 is 15.8 Å². The van der Waals surface area contributed by atoms with Crippen LogP contribution in [0, 0.1) is 5.82 Å². The molecular weight excluding hydrogens is 291 g/mol. The van der Waals surface area contributed by atoms with Gasteiger partial charge in [-0.15, -0.1) is 12.4 Å². The van der Waals surface area contributed by atoms with Gasteiger partial charge in [0.25, 0.3) is 0 Å². The lowest BCUT2D eigenvalue weighted by Gasteiger charge is -2.26. The van der Waals surface area contributed by atoms with E-state index in [2.05, 4.69) is 4.72 Å². The van der Waals surface area contributed by atoms with Crippen LogP contribution in [0.3, 0.4) is 0 Å². The van der Waals surface area contributed by atoms with Crippen molar-refractivity contribution in [3.63, 3.8) is 0 Å². The Morgan fingerprint density at radius 2 is 1.63 bits per heavy atom. The van der Waals surface area contributed by atoms with Gasteiger partial charge in [0.05, 0.1) is 4.90 Å². The number of nitrogens with one attached hydrogen (secondary N) is 1. The zero-order valence-corrected chi connectivity index (χ0v) is 12.0. The summed E-state index contributed by atoms with van der Waals surface area (Å²) in [6.07, 6.45) is 3.16. The molecule has 3 N–H and O–H groups in total. The van der Waals surface area contributed by atoms with Gasteiger partial charge in [0.2, 0.25) is 10.0 Å². The molecule has 0 unspecified atom stereocenters. The van der Waals surface area contributed by atoms with Gasteiger partial charge >= 0.3 is 0 Å². The number of sulfonamides is 1. The molecule has 1 aliphatic rings. The van der Waals surface area contributed by atoms with Crippen molar-refractivity contribution in [1.82, 2.24) is 4.72 Å². The molecule has 108 valence electrons. The molecule has 0 radical (unpaired) electrons. The van der Waals surface area contributed by atoms with E-state index in [-0.39, 0.29) is 29.4 Å². The van der Waals surface area contributed by atoms with E-state index in [0.717, 1.165) is 37.8 Å². The first-order valence-electron chi connectivity index (χ1n) is 6.01. The molecule has 0 saturated heterocycles. The second-order valence-electron chi connectivity index (χ2n) is 4.69. The average molecular weight is 309 g/mol. The average Bonchev–Trinajstić information content (AvgIpc) is 2.32. The van der Waals surface area contributed by atoms with Crippen LogP contribution in [0.2, 0.25) is 0 Å². The molecule has 2 rings (SSSR count). The summed E-state index contributed by atoms with van der Waals surface area (Å²) >= 11 is 0. The highest BCUT2D eigenvalue weighted by Gasteiger charge is 2.24. The molecule has 19 heavy (non-hydrogen) atoms. The molecule has 0 amide bonds. The number of rotatable bonds is 3. The third-order valence-electron chi connectivity index (χ3n) is 3.22. The lowest BCUT2D eigenvalue weighted by atomic mass is 9.93. The molecule has 1 saturated carbocycles. The second kappa shape index (κ2) is 6.65. The Kier molecular flexibility index (Phi) is 5.73. The van der Waals surface area contributed by atoms with Crippen LogP contribution in [0.25, 0.3) is 0 Å². The maximum Gasteiger partial charge on any atom is 0.240 e. The zero-order chi connectivity index (χ0) is 13.2. The van der Waals surface area contributed by atoms with Gasteiger partial charge in [-0.25, -0.2) is 17.5 Å². The highest BCUT2D eigenvalue weighted by molar-refractivity contribution is 7.89. The third kappa shape index (κ3) is 4.42. The maximum absolute atomic E-state index is 12.7. The molecule has 4 nitrogen and oxygen atoms in total. The molecule has 0 spiro atoms. The Labute approximate surface area is 119 Å². The lowest BCUT2D eigenvalue weighted by Crippen LogP contribution is -2.40. The van der Waals surface area contributed by atoms with Crippen molar-refractivity contribution in [1.29, 1.82) is 0 Å². The fourth-order valence-electron chi connectivity index (χ4n) is 2.14. The first kappa shape index (κ1) is 16.4. The number of hydrogen-bond acceptors (Lipinski definition) is 3. The van der Waals surface area contributed by atoms with Crippen LogP contribution in [0.15, 0.2) is 29.2 Å².